The van der Waals surface area contributed by atoms with E-state index in [9.17, 15) is 0 Å². The Morgan fingerprint density at radius 3 is 1.83 bits per heavy atom. The number of nitrogens with zero attached hydrogens (tertiary/aromatic N) is 2. The van der Waals surface area contributed by atoms with E-state index in [0.717, 1.165) is 48.4 Å². The maximum Gasteiger partial charge on any atom is 0.159 e. The fourth-order valence-electron chi connectivity index (χ4n) is 5.61. The molecule has 0 unspecified atom stereocenters. The summed E-state index contributed by atoms with van der Waals surface area (Å²) in [6.07, 6.45) is 28.4. The summed E-state index contributed by atoms with van der Waals surface area (Å²) in [5.41, 5.74) is 2.33. The lowest BCUT2D eigenvalue weighted by Gasteiger charge is -2.28. The first-order valence-electron chi connectivity index (χ1n) is 15.3. The molecule has 1 aromatic carbocycles. The number of aromatic nitrogens is 2. The van der Waals surface area contributed by atoms with Crippen molar-refractivity contribution in [1.29, 1.82) is 0 Å². The molecule has 1 fully saturated rings. The molecule has 1 heterocycles. The Kier molecular flexibility index (Phi) is 14.0. The molecule has 0 saturated heterocycles. The van der Waals surface area contributed by atoms with Gasteiger partial charge in [0.25, 0.3) is 0 Å². The third-order valence-electron chi connectivity index (χ3n) is 8.11. The Bertz CT molecular complexity index is 793. The van der Waals surface area contributed by atoms with Crippen molar-refractivity contribution in [3.8, 4) is 17.1 Å². The van der Waals surface area contributed by atoms with Crippen molar-refractivity contribution in [2.45, 2.75) is 129 Å². The van der Waals surface area contributed by atoms with E-state index in [2.05, 4.69) is 48.1 Å². The van der Waals surface area contributed by atoms with Gasteiger partial charge in [0.1, 0.15) is 5.75 Å². The van der Waals surface area contributed by atoms with Gasteiger partial charge in [-0.3, -0.25) is 0 Å². The van der Waals surface area contributed by atoms with E-state index >= 15 is 0 Å². The van der Waals surface area contributed by atoms with Gasteiger partial charge in [0.15, 0.2) is 5.82 Å². The first-order valence-corrected chi connectivity index (χ1v) is 15.3. The third kappa shape index (κ3) is 11.0. The predicted octanol–water partition coefficient (Wildman–Crippen LogP) is 9.98. The van der Waals surface area contributed by atoms with Crippen molar-refractivity contribution >= 4 is 0 Å². The van der Waals surface area contributed by atoms with Gasteiger partial charge >= 0.3 is 0 Å². The highest BCUT2D eigenvalue weighted by Gasteiger charge is 2.20. The zero-order chi connectivity index (χ0) is 25.3. The summed E-state index contributed by atoms with van der Waals surface area (Å²) < 4.78 is 5.95. The highest BCUT2D eigenvalue weighted by molar-refractivity contribution is 5.55. The van der Waals surface area contributed by atoms with Gasteiger partial charge in [-0.15, -0.1) is 0 Å². The smallest absolute Gasteiger partial charge is 0.159 e. The molecule has 0 bridgehead atoms. The van der Waals surface area contributed by atoms with E-state index in [1.807, 2.05) is 12.4 Å². The SMILES string of the molecule is CCCCCCCCCCCOc1ccc(-c2ncc(CCC3CCC(CCCC)CC3)cn2)cc1. The van der Waals surface area contributed by atoms with Gasteiger partial charge in [-0.25, -0.2) is 9.97 Å². The zero-order valence-corrected chi connectivity index (χ0v) is 23.4. The lowest BCUT2D eigenvalue weighted by molar-refractivity contribution is 0.250. The van der Waals surface area contributed by atoms with Gasteiger partial charge in [-0.1, -0.05) is 110 Å². The van der Waals surface area contributed by atoms with Crippen LogP contribution in [0.25, 0.3) is 11.4 Å². The number of hydrogen-bond donors (Lipinski definition) is 0. The average molecular weight is 493 g/mol. The molecule has 3 nitrogen and oxygen atoms in total. The maximum atomic E-state index is 5.95. The first kappa shape index (κ1) is 28.7. The van der Waals surface area contributed by atoms with Crippen LogP contribution < -0.4 is 4.74 Å². The van der Waals surface area contributed by atoms with Crippen LogP contribution in [0.4, 0.5) is 0 Å². The molecule has 0 spiro atoms. The molecule has 200 valence electrons. The molecular formula is C33H52N2O. The number of aryl methyl sites for hydroxylation is 1. The molecule has 0 radical (unpaired) electrons. The molecule has 0 amide bonds. The van der Waals surface area contributed by atoms with Gasteiger partial charge in [-0.05, 0) is 60.9 Å². The number of benzene rings is 1. The minimum absolute atomic E-state index is 0.806. The van der Waals surface area contributed by atoms with Crippen LogP contribution in [0.2, 0.25) is 0 Å². The molecule has 1 aliphatic carbocycles. The third-order valence-corrected chi connectivity index (χ3v) is 8.11. The van der Waals surface area contributed by atoms with Gasteiger partial charge in [0.05, 0.1) is 6.61 Å². The van der Waals surface area contributed by atoms with E-state index in [0.29, 0.717) is 0 Å². The first-order chi connectivity index (χ1) is 17.8. The van der Waals surface area contributed by atoms with Crippen LogP contribution in [-0.4, -0.2) is 16.6 Å². The number of rotatable bonds is 18. The van der Waals surface area contributed by atoms with E-state index in [4.69, 9.17) is 4.74 Å². The summed E-state index contributed by atoms with van der Waals surface area (Å²) in [6.45, 7) is 5.39. The zero-order valence-electron chi connectivity index (χ0n) is 23.4. The van der Waals surface area contributed by atoms with Gasteiger partial charge in [0.2, 0.25) is 0 Å². The van der Waals surface area contributed by atoms with Crippen molar-refractivity contribution in [2.75, 3.05) is 6.61 Å². The summed E-state index contributed by atoms with van der Waals surface area (Å²) in [6, 6.07) is 8.27. The maximum absolute atomic E-state index is 5.95. The standard InChI is InChI=1S/C33H52N2O/c1-3-5-7-8-9-10-11-12-13-25-36-32-23-21-31(22-24-32)33-34-26-30(27-35-33)20-19-29-17-15-28(16-18-29)14-6-4-2/h21-24,26-29H,3-20,25H2,1-2H3. The second-order valence-electron chi connectivity index (χ2n) is 11.2. The summed E-state index contributed by atoms with van der Waals surface area (Å²) in [4.78, 5) is 9.33. The number of ether oxygens (including phenoxy) is 1. The van der Waals surface area contributed by atoms with Crippen LogP contribution >= 0.6 is 0 Å². The van der Waals surface area contributed by atoms with Crippen molar-refractivity contribution in [2.24, 2.45) is 11.8 Å². The van der Waals surface area contributed by atoms with Gasteiger partial charge in [0, 0.05) is 18.0 Å². The lowest BCUT2D eigenvalue weighted by atomic mass is 9.78. The lowest BCUT2D eigenvalue weighted by Crippen LogP contribution is -2.15. The second kappa shape index (κ2) is 17.5. The molecule has 1 aliphatic rings. The molecule has 1 saturated carbocycles. The van der Waals surface area contributed by atoms with Crippen LogP contribution in [0.3, 0.4) is 0 Å². The van der Waals surface area contributed by atoms with Crippen LogP contribution in [0.5, 0.6) is 5.75 Å². The molecule has 36 heavy (non-hydrogen) atoms. The highest BCUT2D eigenvalue weighted by atomic mass is 16.5. The fourth-order valence-corrected chi connectivity index (χ4v) is 5.61. The summed E-state index contributed by atoms with van der Waals surface area (Å²) in [5.74, 6) is 3.64. The van der Waals surface area contributed by atoms with Crippen molar-refractivity contribution in [3.05, 3.63) is 42.2 Å². The Labute approximate surface area is 221 Å². The van der Waals surface area contributed by atoms with Gasteiger partial charge in [-0.2, -0.15) is 0 Å². The second-order valence-corrected chi connectivity index (χ2v) is 11.2. The molecule has 0 N–H and O–H groups in total. The van der Waals surface area contributed by atoms with E-state index < -0.39 is 0 Å². The normalized spacial score (nSPS) is 17.8. The van der Waals surface area contributed by atoms with Crippen LogP contribution in [0.15, 0.2) is 36.7 Å². The molecule has 3 heteroatoms. The Morgan fingerprint density at radius 2 is 1.22 bits per heavy atom. The Morgan fingerprint density at radius 1 is 0.667 bits per heavy atom. The fraction of sp³-hybridized carbons (Fsp3) is 0.697. The molecule has 3 rings (SSSR count). The van der Waals surface area contributed by atoms with Crippen LogP contribution in [0, 0.1) is 11.8 Å². The van der Waals surface area contributed by atoms with Crippen LogP contribution in [-0.2, 0) is 6.42 Å². The van der Waals surface area contributed by atoms with Crippen molar-refractivity contribution in [1.82, 2.24) is 9.97 Å². The van der Waals surface area contributed by atoms with Gasteiger partial charge < -0.3 is 4.74 Å². The Balaban J connectivity index is 1.29. The van der Waals surface area contributed by atoms with Crippen molar-refractivity contribution < 1.29 is 4.74 Å². The largest absolute Gasteiger partial charge is 0.494 e. The predicted molar refractivity (Wildman–Crippen MR) is 153 cm³/mol. The highest BCUT2D eigenvalue weighted by Crippen LogP contribution is 2.34. The minimum Gasteiger partial charge on any atom is -0.494 e. The number of unbranched alkanes of at least 4 members (excludes halogenated alkanes) is 9. The topological polar surface area (TPSA) is 35.0 Å². The molecular weight excluding hydrogens is 440 g/mol. The monoisotopic (exact) mass is 492 g/mol. The summed E-state index contributed by atoms with van der Waals surface area (Å²) in [5, 5.41) is 0. The van der Waals surface area contributed by atoms with E-state index in [-0.39, 0.29) is 0 Å². The molecule has 2 aromatic rings. The molecule has 0 aliphatic heterocycles. The minimum atomic E-state index is 0.806. The summed E-state index contributed by atoms with van der Waals surface area (Å²) >= 11 is 0. The Hall–Kier alpha value is -1.90. The molecule has 0 atom stereocenters. The van der Waals surface area contributed by atoms with E-state index in [1.54, 1.807) is 0 Å². The molecule has 1 aromatic heterocycles. The quantitative estimate of drug-likeness (QED) is 0.194. The summed E-state index contributed by atoms with van der Waals surface area (Å²) in [7, 11) is 0. The van der Waals surface area contributed by atoms with Crippen LogP contribution in [0.1, 0.15) is 129 Å². The number of hydrogen-bond acceptors (Lipinski definition) is 3. The average Bonchev–Trinajstić information content (AvgIpc) is 2.93. The van der Waals surface area contributed by atoms with E-state index in [1.165, 1.54) is 108 Å². The van der Waals surface area contributed by atoms with Crippen molar-refractivity contribution in [3.63, 3.8) is 0 Å².